The highest BCUT2D eigenvalue weighted by Gasteiger charge is 2.48. The van der Waals surface area contributed by atoms with Gasteiger partial charge in [-0.05, 0) is 141 Å². The smallest absolute Gasteiger partial charge is 0.252 e. The first kappa shape index (κ1) is 60.5. The van der Waals surface area contributed by atoms with Crippen molar-refractivity contribution < 1.29 is 0 Å². The molecule has 498 valence electrons. The molecule has 17 aromatic carbocycles. The molecular weight excluding hydrogens is 1300 g/mol. The van der Waals surface area contributed by atoms with E-state index in [1.165, 1.54) is 108 Å². The number of para-hydroxylation sites is 6. The van der Waals surface area contributed by atoms with Gasteiger partial charge in [-0.15, -0.1) is 0 Å². The molecule has 0 radical (unpaired) electrons. The molecule has 0 aliphatic carbocycles. The third kappa shape index (κ3) is 8.71. The van der Waals surface area contributed by atoms with E-state index in [1.54, 1.807) is 0 Å². The second kappa shape index (κ2) is 23.8. The van der Waals surface area contributed by atoms with Gasteiger partial charge in [0, 0.05) is 77.9 Å². The molecule has 0 saturated heterocycles. The van der Waals surface area contributed by atoms with Gasteiger partial charge in [0.25, 0.3) is 13.4 Å². The van der Waals surface area contributed by atoms with Gasteiger partial charge in [-0.2, -0.15) is 0 Å². The zero-order chi connectivity index (χ0) is 70.7. The molecule has 4 aliphatic rings. The average Bonchev–Trinajstić information content (AvgIpc) is 0.893. The Bertz CT molecular complexity index is 6660. The Hall–Kier alpha value is -13.9. The second-order valence-corrected chi connectivity index (χ2v) is 29.2. The van der Waals surface area contributed by atoms with Gasteiger partial charge in [-0.3, -0.25) is 0 Å². The minimum atomic E-state index is -0.274. The Morgan fingerprint density at radius 1 is 0.176 bits per heavy atom. The first-order chi connectivity index (χ1) is 53.7. The number of anilines is 6. The van der Waals surface area contributed by atoms with Crippen molar-refractivity contribution in [3.8, 4) is 55.9 Å². The Morgan fingerprint density at radius 2 is 0.454 bits per heavy atom. The van der Waals surface area contributed by atoms with Crippen molar-refractivity contribution in [3.63, 3.8) is 0 Å². The third-order valence-corrected chi connectivity index (χ3v) is 23.7. The minimum absolute atomic E-state index is 0.274. The molecule has 4 aliphatic heterocycles. The van der Waals surface area contributed by atoms with Crippen LogP contribution in [0.5, 0.6) is 0 Å². The van der Waals surface area contributed by atoms with E-state index in [0.717, 1.165) is 101 Å². The summed E-state index contributed by atoms with van der Waals surface area (Å²) in [5, 5.41) is 14.3. The third-order valence-electron chi connectivity index (χ3n) is 23.7. The standard InChI is InChI=1S/C102H64B2N4/c1-5-31-65(32-6-1)69-49-29-50-70(66-33-7-2-8-34-66)99(69)107-93-61-59-83-79-45-19-15-41-75(79)73-39-13-17-43-77(73)81-47-21-25-55-89(81)105-91-57-27-23-53-85(91)103(97(93)101(83)105)87-63-88-96(64-95(87)107)108(100-71(67-35-9-3-10-36-67)51-30-52-72(100)68-37-11-4-12-38-68)94-62-60-84-80-46-20-16-42-76(80)74-40-14-18-44-78(74)82-48-22-26-56-90(82)106-92-58-28-24-54-86(92)104(88)98(94)102(84)106/h1-64H. The van der Waals surface area contributed by atoms with Crippen molar-refractivity contribution in [2.24, 2.45) is 0 Å². The van der Waals surface area contributed by atoms with Gasteiger partial charge in [0.15, 0.2) is 0 Å². The molecule has 0 spiro atoms. The summed E-state index contributed by atoms with van der Waals surface area (Å²) in [4.78, 5) is 5.44. The Kier molecular flexibility index (Phi) is 13.3. The summed E-state index contributed by atoms with van der Waals surface area (Å²) in [6.45, 7) is -0.548. The van der Waals surface area contributed by atoms with E-state index in [-0.39, 0.29) is 13.4 Å². The van der Waals surface area contributed by atoms with E-state index in [1.807, 2.05) is 0 Å². The Balaban J connectivity index is 0.960. The summed E-state index contributed by atoms with van der Waals surface area (Å²) in [5.41, 5.74) is 30.2. The number of fused-ring (bicyclic) bond motifs is 24. The number of hydrogen-bond donors (Lipinski definition) is 0. The predicted octanol–water partition coefficient (Wildman–Crippen LogP) is 22.6. The van der Waals surface area contributed by atoms with Crippen LogP contribution in [-0.4, -0.2) is 22.6 Å². The van der Waals surface area contributed by atoms with Crippen molar-refractivity contribution in [1.82, 2.24) is 9.13 Å². The number of rotatable bonds is 6. The highest BCUT2D eigenvalue weighted by atomic mass is 15.2. The number of nitrogens with zero attached hydrogens (tertiary/aromatic N) is 4. The molecule has 23 rings (SSSR count). The normalized spacial score (nSPS) is 12.7. The quantitative estimate of drug-likeness (QED) is 0.154. The summed E-state index contributed by atoms with van der Waals surface area (Å²) in [7, 11) is 0. The first-order valence-corrected chi connectivity index (χ1v) is 37.6. The molecule has 0 N–H and O–H groups in total. The van der Waals surface area contributed by atoms with E-state index >= 15 is 0 Å². The molecule has 0 fully saturated rings. The maximum atomic E-state index is 2.73. The predicted molar refractivity (Wildman–Crippen MR) is 461 cm³/mol. The van der Waals surface area contributed by atoms with Crippen LogP contribution in [0.25, 0.3) is 143 Å². The Morgan fingerprint density at radius 3 is 0.796 bits per heavy atom. The number of benzene rings is 17. The lowest BCUT2D eigenvalue weighted by molar-refractivity contribution is 1.17. The van der Waals surface area contributed by atoms with Crippen LogP contribution < -0.4 is 42.6 Å². The summed E-state index contributed by atoms with van der Waals surface area (Å²) in [6, 6.07) is 147. The molecule has 0 unspecified atom stereocenters. The lowest BCUT2D eigenvalue weighted by atomic mass is 9.30. The minimum Gasteiger partial charge on any atom is -0.310 e. The average molecular weight is 1370 g/mol. The first-order valence-electron chi connectivity index (χ1n) is 37.6. The van der Waals surface area contributed by atoms with Crippen LogP contribution in [0.2, 0.25) is 0 Å². The molecule has 0 atom stereocenters. The van der Waals surface area contributed by atoms with Crippen LogP contribution in [-0.2, 0) is 0 Å². The van der Waals surface area contributed by atoms with Gasteiger partial charge in [0.05, 0.1) is 33.4 Å². The van der Waals surface area contributed by atoms with Gasteiger partial charge in [0.1, 0.15) is 0 Å². The fourth-order valence-electron chi connectivity index (χ4n) is 19.4. The number of hydrogen-bond acceptors (Lipinski definition) is 2. The van der Waals surface area contributed by atoms with Crippen molar-refractivity contribution in [1.29, 1.82) is 0 Å². The van der Waals surface area contributed by atoms with Gasteiger partial charge < -0.3 is 18.9 Å². The van der Waals surface area contributed by atoms with Crippen LogP contribution in [0, 0.1) is 0 Å². The Labute approximate surface area is 626 Å². The zero-order valence-corrected chi connectivity index (χ0v) is 58.9. The topological polar surface area (TPSA) is 16.3 Å². The fraction of sp³-hybridized carbons (Fsp3) is 0. The molecule has 6 heteroatoms. The van der Waals surface area contributed by atoms with Crippen LogP contribution in [0.15, 0.2) is 388 Å². The van der Waals surface area contributed by atoms with Crippen LogP contribution in [0.4, 0.5) is 34.1 Å². The largest absolute Gasteiger partial charge is 0.310 e. The highest BCUT2D eigenvalue weighted by molar-refractivity contribution is 7.03. The van der Waals surface area contributed by atoms with Crippen molar-refractivity contribution >= 4 is 167 Å². The van der Waals surface area contributed by atoms with E-state index in [0.29, 0.717) is 0 Å². The van der Waals surface area contributed by atoms with Crippen molar-refractivity contribution in [3.05, 3.63) is 388 Å². The molecule has 108 heavy (non-hydrogen) atoms. The molecule has 19 aromatic rings. The van der Waals surface area contributed by atoms with Gasteiger partial charge >= 0.3 is 0 Å². The van der Waals surface area contributed by atoms with E-state index < -0.39 is 0 Å². The van der Waals surface area contributed by atoms with Gasteiger partial charge in [0.2, 0.25) is 0 Å². The molecule has 0 saturated carbocycles. The fourth-order valence-corrected chi connectivity index (χ4v) is 19.4. The molecular formula is C102H64B2N4. The second-order valence-electron chi connectivity index (χ2n) is 29.2. The van der Waals surface area contributed by atoms with Crippen LogP contribution in [0.1, 0.15) is 0 Å². The zero-order valence-electron chi connectivity index (χ0n) is 58.9. The summed E-state index contributed by atoms with van der Waals surface area (Å²) < 4.78 is 5.31. The molecule has 6 heterocycles. The van der Waals surface area contributed by atoms with Crippen molar-refractivity contribution in [2.75, 3.05) is 9.80 Å². The van der Waals surface area contributed by atoms with Crippen LogP contribution in [0.3, 0.4) is 0 Å². The maximum absolute atomic E-state index is 2.73. The van der Waals surface area contributed by atoms with E-state index in [4.69, 9.17) is 0 Å². The molecule has 0 amide bonds. The maximum Gasteiger partial charge on any atom is 0.252 e. The number of aromatic nitrogens is 2. The van der Waals surface area contributed by atoms with Crippen LogP contribution >= 0.6 is 0 Å². The van der Waals surface area contributed by atoms with Crippen molar-refractivity contribution in [2.45, 2.75) is 0 Å². The molecule has 4 nitrogen and oxygen atoms in total. The van der Waals surface area contributed by atoms with Gasteiger partial charge in [-0.1, -0.05) is 346 Å². The highest BCUT2D eigenvalue weighted by Crippen LogP contribution is 2.54. The SMILES string of the molecule is c1ccc(-c2cccc(-c3ccccc3)c2N2c3cc4c(cc3B3c5ccccc5-n5c6ccccc6c6ccccc6c6ccccc6c6ccc2c3c65)B2c3ccccc3-n3c5ccccc5c5ccccc5c5ccccc5c5ccc(c2c53)N4c2c(-c3ccccc3)cccc2-c2ccccc2)cc1. The lowest BCUT2D eigenvalue weighted by Gasteiger charge is -2.45. The van der Waals surface area contributed by atoms with E-state index in [9.17, 15) is 0 Å². The lowest BCUT2D eigenvalue weighted by Crippen LogP contribution is -2.64. The molecule has 2 aromatic heterocycles. The summed E-state index contributed by atoms with van der Waals surface area (Å²) >= 11 is 0. The van der Waals surface area contributed by atoms with Gasteiger partial charge in [-0.25, -0.2) is 0 Å². The summed E-state index contributed by atoms with van der Waals surface area (Å²) in [5.74, 6) is 0. The monoisotopic (exact) mass is 1370 g/mol. The summed E-state index contributed by atoms with van der Waals surface area (Å²) in [6.07, 6.45) is 0. The molecule has 0 bridgehead atoms. The van der Waals surface area contributed by atoms with E-state index in [2.05, 4.69) is 407 Å².